The van der Waals surface area contributed by atoms with E-state index in [2.05, 4.69) is 0 Å². The normalized spacial score (nSPS) is 20.3. The molecule has 1 fully saturated rings. The smallest absolute Gasteiger partial charge is 0.328 e. The summed E-state index contributed by atoms with van der Waals surface area (Å²) in [5.74, 6) is -0.989. The van der Waals surface area contributed by atoms with Gasteiger partial charge in [0.25, 0.3) is 0 Å². The van der Waals surface area contributed by atoms with Gasteiger partial charge in [-0.15, -0.1) is 0 Å². The molecule has 1 aromatic heterocycles. The van der Waals surface area contributed by atoms with Crippen LogP contribution in [0.5, 0.6) is 11.5 Å². The number of aliphatic imine (C=N–C) groups is 1. The summed E-state index contributed by atoms with van der Waals surface area (Å²) in [6.45, 7) is 2.50. The molecule has 3 atom stereocenters. The number of pyridine rings is 1. The average Bonchev–Trinajstić information content (AvgIpc) is 2.84. The van der Waals surface area contributed by atoms with E-state index in [0.29, 0.717) is 36.7 Å². The molecule has 1 saturated carbocycles. The fourth-order valence-corrected chi connectivity index (χ4v) is 4.48. The minimum absolute atomic E-state index is 0.0525. The second-order valence-electron chi connectivity index (χ2n) is 8.52. The lowest BCUT2D eigenvalue weighted by molar-refractivity contribution is -0.134. The Labute approximate surface area is 208 Å². The molecule has 192 valence electrons. The number of methoxy groups -OCH3 is 1. The summed E-state index contributed by atoms with van der Waals surface area (Å²) in [7, 11) is 3.37. The van der Waals surface area contributed by atoms with Crippen LogP contribution in [-0.4, -0.2) is 63.4 Å². The Bertz CT molecular complexity index is 1230. The molecule has 1 aliphatic heterocycles. The first-order valence-corrected chi connectivity index (χ1v) is 11.6. The SMILES string of the molecule is CCOc1cc2c(cc1OC)C(c1ccc(=O)n(C)c1)=N[C@@H]1CC[C@@H](O)C[C@H]21.O=C(O)C=CC(=O)O. The number of aryl methyl sites for hydroxylation is 1. The summed E-state index contributed by atoms with van der Waals surface area (Å²) in [5, 5.41) is 25.9. The molecule has 0 bridgehead atoms. The van der Waals surface area contributed by atoms with Crippen LogP contribution in [0.4, 0.5) is 0 Å². The highest BCUT2D eigenvalue weighted by atomic mass is 16.5. The van der Waals surface area contributed by atoms with Gasteiger partial charge in [0.2, 0.25) is 5.56 Å². The van der Waals surface area contributed by atoms with Gasteiger partial charge < -0.3 is 29.4 Å². The molecule has 0 saturated heterocycles. The van der Waals surface area contributed by atoms with Gasteiger partial charge in [-0.25, -0.2) is 9.59 Å². The molecular weight excluding hydrogens is 468 g/mol. The fraction of sp³-hybridized carbons (Fsp3) is 0.385. The van der Waals surface area contributed by atoms with Gasteiger partial charge in [-0.05, 0) is 49.9 Å². The van der Waals surface area contributed by atoms with Gasteiger partial charge in [0.1, 0.15) is 0 Å². The Morgan fingerprint density at radius 2 is 1.83 bits per heavy atom. The number of rotatable bonds is 6. The second kappa shape index (κ2) is 11.7. The first-order valence-electron chi connectivity index (χ1n) is 11.6. The van der Waals surface area contributed by atoms with Crippen molar-refractivity contribution in [1.82, 2.24) is 4.57 Å². The first kappa shape index (κ1) is 26.7. The van der Waals surface area contributed by atoms with Crippen molar-refractivity contribution in [3.8, 4) is 11.5 Å². The van der Waals surface area contributed by atoms with E-state index in [1.807, 2.05) is 31.3 Å². The van der Waals surface area contributed by atoms with E-state index in [4.69, 9.17) is 24.7 Å². The molecule has 0 unspecified atom stereocenters. The summed E-state index contributed by atoms with van der Waals surface area (Å²) in [5.41, 5.74) is 3.83. The van der Waals surface area contributed by atoms with Crippen LogP contribution >= 0.6 is 0 Å². The number of aliphatic hydroxyl groups is 1. The van der Waals surface area contributed by atoms with Crippen LogP contribution in [0.2, 0.25) is 0 Å². The van der Waals surface area contributed by atoms with Gasteiger partial charge >= 0.3 is 11.9 Å². The lowest BCUT2D eigenvalue weighted by Gasteiger charge is -2.37. The Morgan fingerprint density at radius 1 is 1.14 bits per heavy atom. The van der Waals surface area contributed by atoms with E-state index in [1.54, 1.807) is 24.8 Å². The van der Waals surface area contributed by atoms with E-state index in [1.165, 1.54) is 0 Å². The number of nitrogens with zero attached hydrogens (tertiary/aromatic N) is 2. The van der Waals surface area contributed by atoms with Crippen LogP contribution in [-0.2, 0) is 16.6 Å². The Balaban J connectivity index is 0.000000392. The molecule has 36 heavy (non-hydrogen) atoms. The average molecular weight is 499 g/mol. The Kier molecular flexibility index (Phi) is 8.65. The highest BCUT2D eigenvalue weighted by Gasteiger charge is 2.37. The molecule has 2 aromatic rings. The van der Waals surface area contributed by atoms with Crippen LogP contribution in [0.15, 0.2) is 52.4 Å². The summed E-state index contributed by atoms with van der Waals surface area (Å²) in [4.78, 5) is 36.0. The van der Waals surface area contributed by atoms with Gasteiger partial charge in [-0.3, -0.25) is 9.79 Å². The molecule has 1 aliphatic carbocycles. The number of ether oxygens (including phenoxy) is 2. The lowest BCUT2D eigenvalue weighted by Crippen LogP contribution is -2.34. The largest absolute Gasteiger partial charge is 0.493 e. The third-order valence-electron chi connectivity index (χ3n) is 6.10. The van der Waals surface area contributed by atoms with Crippen molar-refractivity contribution < 1.29 is 34.4 Å². The number of hydrogen-bond acceptors (Lipinski definition) is 7. The Hall–Kier alpha value is -3.92. The zero-order valence-corrected chi connectivity index (χ0v) is 20.4. The topological polar surface area (TPSA) is 148 Å². The predicted molar refractivity (Wildman–Crippen MR) is 132 cm³/mol. The van der Waals surface area contributed by atoms with Gasteiger partial charge in [0, 0.05) is 48.5 Å². The molecule has 0 spiro atoms. The van der Waals surface area contributed by atoms with E-state index < -0.39 is 11.9 Å². The number of aliphatic hydroxyl groups excluding tert-OH is 1. The van der Waals surface area contributed by atoms with E-state index in [-0.39, 0.29) is 23.6 Å². The van der Waals surface area contributed by atoms with Crippen molar-refractivity contribution in [3.63, 3.8) is 0 Å². The number of carbonyl (C=O) groups is 2. The van der Waals surface area contributed by atoms with Crippen LogP contribution < -0.4 is 15.0 Å². The molecule has 3 N–H and O–H groups in total. The van der Waals surface area contributed by atoms with Crippen molar-refractivity contribution in [3.05, 3.63) is 69.7 Å². The van der Waals surface area contributed by atoms with E-state index in [0.717, 1.165) is 35.2 Å². The highest BCUT2D eigenvalue weighted by Crippen LogP contribution is 2.44. The molecule has 0 radical (unpaired) electrons. The number of aromatic nitrogens is 1. The molecule has 1 aromatic carbocycles. The maximum Gasteiger partial charge on any atom is 0.328 e. The molecule has 0 amide bonds. The number of fused-ring (bicyclic) bond motifs is 3. The number of carboxylic acids is 2. The quantitative estimate of drug-likeness (QED) is 0.514. The van der Waals surface area contributed by atoms with E-state index >= 15 is 0 Å². The number of benzene rings is 1. The minimum atomic E-state index is -1.26. The number of aliphatic carboxylic acids is 2. The van der Waals surface area contributed by atoms with Gasteiger partial charge in [0.05, 0.1) is 31.6 Å². The van der Waals surface area contributed by atoms with Crippen LogP contribution in [0.3, 0.4) is 0 Å². The minimum Gasteiger partial charge on any atom is -0.493 e. The maximum absolute atomic E-state index is 11.8. The van der Waals surface area contributed by atoms with Crippen molar-refractivity contribution >= 4 is 17.7 Å². The van der Waals surface area contributed by atoms with Crippen molar-refractivity contribution in [2.75, 3.05) is 13.7 Å². The monoisotopic (exact) mass is 498 g/mol. The molecule has 4 rings (SSSR count). The Morgan fingerprint density at radius 3 is 2.42 bits per heavy atom. The van der Waals surface area contributed by atoms with Crippen molar-refractivity contribution in [1.29, 1.82) is 0 Å². The standard InChI is InChI=1S/C22H26N2O4.C4H4O4/c1-4-28-20-10-15-16-9-14(25)6-7-18(16)23-22(17(15)11-19(20)27-3)13-5-8-21(26)24(2)12-13;5-3(6)1-2-4(7)8/h5,8,10-12,14,16,18,25H,4,6-7,9H2,1-3H3;1-2H,(H,5,6)(H,7,8)/t14-,16-,18-;/m1./s1. The number of carboxylic acid groups (broad SMARTS) is 2. The molecule has 2 heterocycles. The summed E-state index contributed by atoms with van der Waals surface area (Å²) < 4.78 is 12.9. The molecule has 10 nitrogen and oxygen atoms in total. The molecule has 2 aliphatic rings. The van der Waals surface area contributed by atoms with Crippen LogP contribution in [0.1, 0.15) is 48.8 Å². The maximum atomic E-state index is 11.8. The molecular formula is C26H30N2O8. The summed E-state index contributed by atoms with van der Waals surface area (Å²) in [6.07, 6.45) is 4.93. The second-order valence-corrected chi connectivity index (χ2v) is 8.52. The van der Waals surface area contributed by atoms with Gasteiger partial charge in [0.15, 0.2) is 11.5 Å². The lowest BCUT2D eigenvalue weighted by atomic mass is 9.74. The third kappa shape index (κ3) is 6.19. The summed E-state index contributed by atoms with van der Waals surface area (Å²) in [6, 6.07) is 7.53. The van der Waals surface area contributed by atoms with Crippen LogP contribution in [0, 0.1) is 0 Å². The fourth-order valence-electron chi connectivity index (χ4n) is 4.48. The van der Waals surface area contributed by atoms with Crippen LogP contribution in [0.25, 0.3) is 0 Å². The number of hydrogen-bond donors (Lipinski definition) is 3. The zero-order chi connectivity index (χ0) is 26.4. The predicted octanol–water partition coefficient (Wildman–Crippen LogP) is 2.35. The van der Waals surface area contributed by atoms with Gasteiger partial charge in [-0.2, -0.15) is 0 Å². The van der Waals surface area contributed by atoms with Gasteiger partial charge in [-0.1, -0.05) is 0 Å². The summed E-state index contributed by atoms with van der Waals surface area (Å²) >= 11 is 0. The zero-order valence-electron chi connectivity index (χ0n) is 20.4. The van der Waals surface area contributed by atoms with E-state index in [9.17, 15) is 19.5 Å². The third-order valence-corrected chi connectivity index (χ3v) is 6.10. The van der Waals surface area contributed by atoms with Crippen molar-refractivity contribution in [2.45, 2.75) is 44.2 Å². The van der Waals surface area contributed by atoms with Crippen molar-refractivity contribution in [2.24, 2.45) is 12.0 Å². The molecule has 10 heteroatoms. The highest BCUT2D eigenvalue weighted by molar-refractivity contribution is 6.14. The first-order chi connectivity index (χ1) is 17.1.